The Bertz CT molecular complexity index is 738. The summed E-state index contributed by atoms with van der Waals surface area (Å²) in [5.41, 5.74) is 6.95. The maximum absolute atomic E-state index is 5.50. The number of hydrogen-bond acceptors (Lipinski definition) is 4. The van der Waals surface area contributed by atoms with Crippen LogP contribution in [0.4, 0.5) is 5.69 Å². The van der Waals surface area contributed by atoms with Gasteiger partial charge < -0.3 is 16.0 Å². The highest BCUT2D eigenvalue weighted by Gasteiger charge is 2.60. The van der Waals surface area contributed by atoms with E-state index < -0.39 is 0 Å². The minimum Gasteiger partial charge on any atom is -0.381 e. The maximum Gasteiger partial charge on any atom is 0.0739 e. The molecule has 1 aromatic heterocycles. The Kier molecular flexibility index (Phi) is 8.24. The van der Waals surface area contributed by atoms with Crippen molar-refractivity contribution in [3.05, 3.63) is 46.8 Å². The lowest BCUT2D eigenvalue weighted by Crippen LogP contribution is -2.15. The number of anilines is 1. The number of aromatic nitrogens is 2. The van der Waals surface area contributed by atoms with Gasteiger partial charge in [0.15, 0.2) is 0 Å². The third kappa shape index (κ3) is 4.64. The summed E-state index contributed by atoms with van der Waals surface area (Å²) in [4.78, 5) is 0. The van der Waals surface area contributed by atoms with E-state index in [1.807, 2.05) is 20.9 Å². The molecule has 5 heteroatoms. The van der Waals surface area contributed by atoms with Gasteiger partial charge in [0.1, 0.15) is 0 Å². The summed E-state index contributed by atoms with van der Waals surface area (Å²) in [5.74, 6) is 0.885. The van der Waals surface area contributed by atoms with Gasteiger partial charge in [-0.2, -0.15) is 5.10 Å². The van der Waals surface area contributed by atoms with Crippen LogP contribution in [0.2, 0.25) is 0 Å². The van der Waals surface area contributed by atoms with Gasteiger partial charge in [0.05, 0.1) is 5.69 Å². The standard InChI is InChI=1S/C20H28N4.C2H6.CH3N/c1-14-5-3-7-16(11-14)22-13-17-18(8-10-21-2)23-24-19(17)20-9-4-6-15(20)12-20;2*1-2/h3,5,7,11,15,21-22H,4,6,8-10,12-13H2,1-2H3,(H,23,24);1-2H3;2H,1H2. The number of rotatable bonds is 7. The molecule has 154 valence electrons. The van der Waals surface area contributed by atoms with Crippen LogP contribution >= 0.6 is 0 Å². The number of fused-ring (bicyclic) bond motifs is 1. The molecule has 2 fully saturated rings. The Balaban J connectivity index is 0.000000660. The smallest absolute Gasteiger partial charge is 0.0739 e. The molecule has 5 nitrogen and oxygen atoms in total. The van der Waals surface area contributed by atoms with E-state index in [9.17, 15) is 0 Å². The molecule has 2 aliphatic rings. The Morgan fingerprint density at radius 1 is 1.32 bits per heavy atom. The molecule has 2 atom stereocenters. The van der Waals surface area contributed by atoms with E-state index in [2.05, 4.69) is 53.6 Å². The second kappa shape index (κ2) is 10.4. The number of nitrogens with one attached hydrogen (secondary N) is 4. The molecule has 2 aliphatic carbocycles. The van der Waals surface area contributed by atoms with Crippen LogP contribution in [-0.2, 0) is 18.4 Å². The fourth-order valence-corrected chi connectivity index (χ4v) is 4.54. The van der Waals surface area contributed by atoms with Gasteiger partial charge in [0.25, 0.3) is 0 Å². The quantitative estimate of drug-likeness (QED) is 0.517. The topological polar surface area (TPSA) is 76.6 Å². The minimum atomic E-state index is 0.401. The molecule has 2 unspecified atom stereocenters. The van der Waals surface area contributed by atoms with Crippen molar-refractivity contribution in [3.63, 3.8) is 0 Å². The summed E-state index contributed by atoms with van der Waals surface area (Å²) in [6.45, 7) is 10.5. The fourth-order valence-electron chi connectivity index (χ4n) is 4.54. The van der Waals surface area contributed by atoms with Crippen LogP contribution in [0, 0.1) is 18.3 Å². The molecule has 0 bridgehead atoms. The van der Waals surface area contributed by atoms with Gasteiger partial charge >= 0.3 is 0 Å². The first-order valence-electron chi connectivity index (χ1n) is 10.6. The Morgan fingerprint density at radius 3 is 2.71 bits per heavy atom. The minimum absolute atomic E-state index is 0.401. The molecule has 2 saturated carbocycles. The van der Waals surface area contributed by atoms with Gasteiger partial charge in [0, 0.05) is 41.9 Å². The molecule has 1 aromatic carbocycles. The molecule has 1 heterocycles. The van der Waals surface area contributed by atoms with E-state index in [1.165, 1.54) is 53.9 Å². The predicted octanol–water partition coefficient (Wildman–Crippen LogP) is 4.83. The SMILES string of the molecule is C=N.CC.CNCCc1[nH]nc(C23CCCC2C3)c1CNc1cccc(C)c1. The number of benzene rings is 1. The van der Waals surface area contributed by atoms with Gasteiger partial charge in [-0.3, -0.25) is 5.10 Å². The van der Waals surface area contributed by atoms with Crippen molar-refractivity contribution >= 4 is 12.4 Å². The van der Waals surface area contributed by atoms with Crippen LogP contribution in [0.15, 0.2) is 24.3 Å². The van der Waals surface area contributed by atoms with Gasteiger partial charge in [-0.1, -0.05) is 32.4 Å². The Labute approximate surface area is 170 Å². The van der Waals surface area contributed by atoms with Crippen molar-refractivity contribution in [2.45, 2.75) is 64.8 Å². The van der Waals surface area contributed by atoms with Crippen molar-refractivity contribution in [3.8, 4) is 0 Å². The molecule has 0 radical (unpaired) electrons. The first-order valence-corrected chi connectivity index (χ1v) is 10.6. The second-order valence-corrected chi connectivity index (χ2v) is 7.56. The van der Waals surface area contributed by atoms with Crippen molar-refractivity contribution in [2.24, 2.45) is 5.92 Å². The lowest BCUT2D eigenvalue weighted by atomic mass is 9.94. The van der Waals surface area contributed by atoms with Crippen molar-refractivity contribution in [1.82, 2.24) is 15.5 Å². The molecule has 0 saturated heterocycles. The summed E-state index contributed by atoms with van der Waals surface area (Å²) in [6, 6.07) is 8.61. The third-order valence-electron chi connectivity index (χ3n) is 5.94. The monoisotopic (exact) mass is 383 g/mol. The predicted molar refractivity (Wildman–Crippen MR) is 120 cm³/mol. The highest BCUT2D eigenvalue weighted by Crippen LogP contribution is 2.64. The third-order valence-corrected chi connectivity index (χ3v) is 5.94. The summed E-state index contributed by atoms with van der Waals surface area (Å²) in [7, 11) is 2.01. The van der Waals surface area contributed by atoms with E-state index in [1.54, 1.807) is 0 Å². The molecule has 0 aliphatic heterocycles. The molecule has 4 N–H and O–H groups in total. The zero-order chi connectivity index (χ0) is 20.6. The lowest BCUT2D eigenvalue weighted by molar-refractivity contribution is 0.626. The van der Waals surface area contributed by atoms with Crippen molar-refractivity contribution < 1.29 is 0 Å². The summed E-state index contributed by atoms with van der Waals surface area (Å²) < 4.78 is 0. The lowest BCUT2D eigenvalue weighted by Gasteiger charge is -2.14. The molecule has 0 spiro atoms. The van der Waals surface area contributed by atoms with Gasteiger partial charge in [-0.25, -0.2) is 0 Å². The molecular weight excluding hydrogens is 346 g/mol. The van der Waals surface area contributed by atoms with Crippen LogP contribution in [0.25, 0.3) is 0 Å². The zero-order valence-corrected chi connectivity index (χ0v) is 18.0. The Hall–Kier alpha value is -2.14. The van der Waals surface area contributed by atoms with Crippen LogP contribution in [-0.4, -0.2) is 30.5 Å². The summed E-state index contributed by atoms with van der Waals surface area (Å²) in [6.07, 6.45) is 6.44. The summed E-state index contributed by atoms with van der Waals surface area (Å²) >= 11 is 0. The van der Waals surface area contributed by atoms with E-state index in [0.717, 1.165) is 25.4 Å². The van der Waals surface area contributed by atoms with E-state index in [-0.39, 0.29) is 0 Å². The number of nitrogens with zero attached hydrogens (tertiary/aromatic N) is 1. The number of H-pyrrole nitrogens is 1. The number of aryl methyl sites for hydroxylation is 1. The summed E-state index contributed by atoms with van der Waals surface area (Å²) in [5, 5.41) is 20.5. The van der Waals surface area contributed by atoms with Crippen LogP contribution < -0.4 is 10.6 Å². The molecular formula is C23H37N5. The van der Waals surface area contributed by atoms with Crippen molar-refractivity contribution in [2.75, 3.05) is 18.9 Å². The van der Waals surface area contributed by atoms with Crippen LogP contribution in [0.1, 0.15) is 62.0 Å². The fraction of sp³-hybridized carbons (Fsp3) is 0.565. The highest BCUT2D eigenvalue weighted by molar-refractivity contribution is 5.48. The second-order valence-electron chi connectivity index (χ2n) is 7.56. The normalized spacial score (nSPS) is 21.6. The highest BCUT2D eigenvalue weighted by atomic mass is 15.1. The average molecular weight is 384 g/mol. The molecule has 28 heavy (non-hydrogen) atoms. The van der Waals surface area contributed by atoms with Crippen LogP contribution in [0.3, 0.4) is 0 Å². The van der Waals surface area contributed by atoms with Crippen molar-refractivity contribution in [1.29, 1.82) is 5.41 Å². The van der Waals surface area contributed by atoms with E-state index in [0.29, 0.717) is 5.41 Å². The number of hydrogen-bond donors (Lipinski definition) is 4. The average Bonchev–Trinajstić information content (AvgIpc) is 3.08. The first-order chi connectivity index (χ1) is 13.7. The maximum atomic E-state index is 5.50. The van der Waals surface area contributed by atoms with Gasteiger partial charge in [-0.05, 0) is 63.6 Å². The first kappa shape index (κ1) is 22.2. The Morgan fingerprint density at radius 2 is 2.11 bits per heavy atom. The van der Waals surface area contributed by atoms with Gasteiger partial charge in [0.2, 0.25) is 0 Å². The number of aromatic amines is 1. The van der Waals surface area contributed by atoms with E-state index in [4.69, 9.17) is 10.5 Å². The molecule has 4 rings (SSSR count). The zero-order valence-electron chi connectivity index (χ0n) is 18.0. The molecule has 0 amide bonds. The number of likely N-dealkylation sites (N-methyl/N-ethyl adjacent to an activating group) is 1. The van der Waals surface area contributed by atoms with Gasteiger partial charge in [-0.15, -0.1) is 0 Å². The largest absolute Gasteiger partial charge is 0.381 e. The molecule has 2 aromatic rings. The van der Waals surface area contributed by atoms with E-state index >= 15 is 0 Å². The van der Waals surface area contributed by atoms with Crippen LogP contribution in [0.5, 0.6) is 0 Å².